The van der Waals surface area contributed by atoms with E-state index in [1.54, 1.807) is 24.4 Å². The molecule has 3 rings (SSSR count). The summed E-state index contributed by atoms with van der Waals surface area (Å²) in [6.45, 7) is 8.45. The summed E-state index contributed by atoms with van der Waals surface area (Å²) in [5, 5.41) is 16.7. The van der Waals surface area contributed by atoms with Gasteiger partial charge in [-0.15, -0.1) is 17.9 Å². The van der Waals surface area contributed by atoms with Gasteiger partial charge in [-0.25, -0.2) is 4.68 Å². The smallest absolute Gasteiger partial charge is 0.206 e. The number of phenolic OH excluding ortho intramolecular Hbond substituents is 1. The molecule has 0 atom stereocenters. The van der Waals surface area contributed by atoms with Gasteiger partial charge in [0.15, 0.2) is 11.5 Å². The Morgan fingerprint density at radius 2 is 2.00 bits per heavy atom. The second kappa shape index (κ2) is 8.71. The van der Waals surface area contributed by atoms with Crippen molar-refractivity contribution in [3.8, 4) is 22.8 Å². The van der Waals surface area contributed by atoms with Crippen molar-refractivity contribution in [1.82, 2.24) is 4.68 Å². The lowest BCUT2D eigenvalue weighted by molar-refractivity contribution is 0.373. The molecule has 0 saturated heterocycles. The third-order valence-electron chi connectivity index (χ3n) is 4.37. The Hall–Kier alpha value is -3.12. The van der Waals surface area contributed by atoms with E-state index in [4.69, 9.17) is 4.74 Å². The monoisotopic (exact) mass is 393 g/mol. The van der Waals surface area contributed by atoms with Crippen LogP contribution in [0.3, 0.4) is 0 Å². The van der Waals surface area contributed by atoms with Gasteiger partial charge >= 0.3 is 0 Å². The number of aromatic hydroxyl groups is 1. The van der Waals surface area contributed by atoms with Crippen LogP contribution in [-0.4, -0.2) is 29.7 Å². The second-order valence-corrected chi connectivity index (χ2v) is 7.16. The first-order chi connectivity index (χ1) is 13.5. The molecule has 0 radical (unpaired) electrons. The van der Waals surface area contributed by atoms with Crippen LogP contribution in [0.5, 0.6) is 11.5 Å². The van der Waals surface area contributed by atoms with E-state index in [-0.39, 0.29) is 5.75 Å². The van der Waals surface area contributed by atoms with Gasteiger partial charge in [-0.1, -0.05) is 18.2 Å². The average Bonchev–Trinajstić information content (AvgIpc) is 3.09. The van der Waals surface area contributed by atoms with Gasteiger partial charge in [0.1, 0.15) is 0 Å². The maximum Gasteiger partial charge on any atom is 0.206 e. The third-order valence-corrected chi connectivity index (χ3v) is 5.22. The summed E-state index contributed by atoms with van der Waals surface area (Å²) in [7, 11) is 1.52. The number of rotatable bonds is 6. The number of benzene rings is 2. The van der Waals surface area contributed by atoms with Crippen molar-refractivity contribution in [2.45, 2.75) is 13.8 Å². The van der Waals surface area contributed by atoms with Gasteiger partial charge in [0.2, 0.25) is 4.80 Å². The van der Waals surface area contributed by atoms with Gasteiger partial charge in [0.25, 0.3) is 0 Å². The van der Waals surface area contributed by atoms with E-state index in [0.29, 0.717) is 12.3 Å². The molecule has 2 aromatic carbocycles. The highest BCUT2D eigenvalue weighted by atomic mass is 32.1. The van der Waals surface area contributed by atoms with Gasteiger partial charge in [-0.3, -0.25) is 4.99 Å². The zero-order valence-corrected chi connectivity index (χ0v) is 17.0. The predicted octanol–water partition coefficient (Wildman–Crippen LogP) is 4.52. The zero-order valence-electron chi connectivity index (χ0n) is 16.2. The lowest BCUT2D eigenvalue weighted by atomic mass is 10.1. The van der Waals surface area contributed by atoms with E-state index in [1.807, 2.05) is 10.7 Å². The van der Waals surface area contributed by atoms with Crippen LogP contribution in [0, 0.1) is 13.8 Å². The van der Waals surface area contributed by atoms with Crippen LogP contribution in [0.25, 0.3) is 11.3 Å². The Morgan fingerprint density at radius 1 is 1.18 bits per heavy atom. The minimum Gasteiger partial charge on any atom is -0.504 e. The first-order valence-corrected chi connectivity index (χ1v) is 9.72. The fourth-order valence-corrected chi connectivity index (χ4v) is 3.52. The van der Waals surface area contributed by atoms with Gasteiger partial charge < -0.3 is 9.84 Å². The summed E-state index contributed by atoms with van der Waals surface area (Å²) < 4.78 is 6.91. The Labute approximate surface area is 168 Å². The third kappa shape index (κ3) is 4.23. The number of aromatic nitrogens is 1. The first kappa shape index (κ1) is 19.6. The molecule has 144 valence electrons. The van der Waals surface area contributed by atoms with Crippen molar-refractivity contribution in [2.24, 2.45) is 10.1 Å². The summed E-state index contributed by atoms with van der Waals surface area (Å²) in [6, 6.07) is 11.5. The SMILES string of the molecule is C=CCN=c1scc(-c2ccc(C)c(C)c2)n1N=Cc1ccc(OC)c(O)c1. The zero-order chi connectivity index (χ0) is 20.1. The highest BCUT2D eigenvalue weighted by Gasteiger charge is 2.09. The van der Waals surface area contributed by atoms with Crippen molar-refractivity contribution in [1.29, 1.82) is 0 Å². The molecule has 0 bridgehead atoms. The summed E-state index contributed by atoms with van der Waals surface area (Å²) in [5.74, 6) is 0.505. The maximum atomic E-state index is 9.99. The topological polar surface area (TPSA) is 59.1 Å². The summed E-state index contributed by atoms with van der Waals surface area (Å²) in [5.41, 5.74) is 5.28. The van der Waals surface area contributed by atoms with Crippen LogP contribution < -0.4 is 9.54 Å². The number of phenols is 1. The summed E-state index contributed by atoms with van der Waals surface area (Å²) >= 11 is 1.53. The number of ether oxygens (including phenoxy) is 1. The number of hydrogen-bond donors (Lipinski definition) is 1. The molecule has 1 heterocycles. The van der Waals surface area contributed by atoms with Crippen LogP contribution >= 0.6 is 11.3 Å². The number of methoxy groups -OCH3 is 1. The lowest BCUT2D eigenvalue weighted by Crippen LogP contribution is -2.12. The number of nitrogens with zero attached hydrogens (tertiary/aromatic N) is 3. The van der Waals surface area contributed by atoms with Gasteiger partial charge in [0, 0.05) is 10.9 Å². The fraction of sp³-hybridized carbons (Fsp3) is 0.182. The second-order valence-electron chi connectivity index (χ2n) is 6.32. The molecular formula is C22H23N3O2S. The van der Waals surface area contributed by atoms with Gasteiger partial charge in [-0.05, 0) is 54.8 Å². The van der Waals surface area contributed by atoms with Crippen LogP contribution in [0.4, 0.5) is 0 Å². The molecule has 5 nitrogen and oxygen atoms in total. The molecule has 1 aromatic heterocycles. The molecule has 0 fully saturated rings. The number of hydrogen-bond acceptors (Lipinski definition) is 5. The van der Waals surface area contributed by atoms with E-state index >= 15 is 0 Å². The van der Waals surface area contributed by atoms with E-state index in [2.05, 4.69) is 54.1 Å². The van der Waals surface area contributed by atoms with Crippen LogP contribution in [0.15, 0.2) is 64.5 Å². The fourth-order valence-electron chi connectivity index (χ4n) is 2.67. The van der Waals surface area contributed by atoms with Crippen LogP contribution in [0.1, 0.15) is 16.7 Å². The molecule has 6 heteroatoms. The molecule has 0 saturated carbocycles. The minimum absolute atomic E-state index is 0.0766. The van der Waals surface area contributed by atoms with E-state index < -0.39 is 0 Å². The van der Waals surface area contributed by atoms with Crippen LogP contribution in [0.2, 0.25) is 0 Å². The van der Waals surface area contributed by atoms with E-state index in [0.717, 1.165) is 21.6 Å². The van der Waals surface area contributed by atoms with Crippen molar-refractivity contribution in [3.63, 3.8) is 0 Å². The average molecular weight is 394 g/mol. The molecule has 28 heavy (non-hydrogen) atoms. The summed E-state index contributed by atoms with van der Waals surface area (Å²) in [6.07, 6.45) is 3.45. The molecule has 0 aliphatic rings. The van der Waals surface area contributed by atoms with E-state index in [1.165, 1.54) is 29.6 Å². The molecule has 0 unspecified atom stereocenters. The minimum atomic E-state index is 0.0766. The lowest BCUT2D eigenvalue weighted by Gasteiger charge is -2.07. The standard InChI is InChI=1S/C22H23N3O2S/c1-5-10-23-22-25(24-13-17-7-9-21(27-4)20(26)12-17)19(14-28-22)18-8-6-15(2)16(3)11-18/h5-9,11-14,26H,1,10H2,2-4H3. The molecule has 1 N–H and O–H groups in total. The molecular weight excluding hydrogens is 370 g/mol. The largest absolute Gasteiger partial charge is 0.504 e. The van der Waals surface area contributed by atoms with E-state index in [9.17, 15) is 5.11 Å². The highest BCUT2D eigenvalue weighted by Crippen LogP contribution is 2.26. The molecule has 0 spiro atoms. The number of aryl methyl sites for hydroxylation is 2. The molecule has 0 aliphatic carbocycles. The van der Waals surface area contributed by atoms with Crippen molar-refractivity contribution >= 4 is 17.6 Å². The Balaban J connectivity index is 2.07. The van der Waals surface area contributed by atoms with Crippen LogP contribution in [-0.2, 0) is 0 Å². The van der Waals surface area contributed by atoms with Crippen molar-refractivity contribution < 1.29 is 9.84 Å². The normalized spacial score (nSPS) is 11.9. The first-order valence-electron chi connectivity index (χ1n) is 8.84. The summed E-state index contributed by atoms with van der Waals surface area (Å²) in [4.78, 5) is 5.33. The molecule has 0 amide bonds. The maximum absolute atomic E-state index is 9.99. The van der Waals surface area contributed by atoms with Crippen molar-refractivity contribution in [2.75, 3.05) is 13.7 Å². The Kier molecular flexibility index (Phi) is 6.11. The van der Waals surface area contributed by atoms with Gasteiger partial charge in [-0.2, -0.15) is 5.10 Å². The van der Waals surface area contributed by atoms with Crippen molar-refractivity contribution in [3.05, 3.63) is 75.9 Å². The predicted molar refractivity (Wildman–Crippen MR) is 115 cm³/mol. The quantitative estimate of drug-likeness (QED) is 0.495. The number of thiazole rings is 1. The van der Waals surface area contributed by atoms with Gasteiger partial charge in [0.05, 0.1) is 25.6 Å². The Morgan fingerprint density at radius 3 is 2.68 bits per heavy atom. The Bertz CT molecular complexity index is 1090. The molecule has 3 aromatic rings. The molecule has 0 aliphatic heterocycles. The highest BCUT2D eigenvalue weighted by molar-refractivity contribution is 7.07.